The fourth-order valence-corrected chi connectivity index (χ4v) is 1.13. The molecule has 0 saturated carbocycles. The highest BCUT2D eigenvalue weighted by atomic mass is 16.7. The number of hydrogen-bond donors (Lipinski definition) is 3. The van der Waals surface area contributed by atoms with Crippen molar-refractivity contribution in [1.82, 2.24) is 0 Å². The number of carbonyl (C=O) groups excluding carboxylic acids is 1. The number of aliphatic hydroxyl groups excluding tert-OH is 2. The first kappa shape index (κ1) is 11.1. The molecular weight excluding hydrogens is 196 g/mol. The van der Waals surface area contributed by atoms with Gasteiger partial charge in [0.2, 0.25) is 0 Å². The van der Waals surface area contributed by atoms with Gasteiger partial charge < -0.3 is 24.8 Å². The zero-order valence-electron chi connectivity index (χ0n) is 7.28. The van der Waals surface area contributed by atoms with Gasteiger partial charge in [-0.1, -0.05) is 0 Å². The molecule has 4 atom stereocenters. The Labute approximate surface area is 78.9 Å². The molecule has 7 nitrogen and oxygen atoms in total. The standard InChI is InChI=1S/C7H10O7/c1-13-7-4(10)2(8)3(9)5(14-7)6(11)12/h3-5,7,9-10H,1H3,(H,11,12)/t3?,4-,5?,7+/m1/s1. The lowest BCUT2D eigenvalue weighted by Crippen LogP contribution is -2.57. The fraction of sp³-hybridized carbons (Fsp3) is 0.714. The Morgan fingerprint density at radius 3 is 2.43 bits per heavy atom. The van der Waals surface area contributed by atoms with Crippen molar-refractivity contribution in [2.24, 2.45) is 0 Å². The maximum absolute atomic E-state index is 11.1. The van der Waals surface area contributed by atoms with E-state index < -0.39 is 36.4 Å². The molecule has 1 aliphatic heterocycles. The molecule has 1 heterocycles. The van der Waals surface area contributed by atoms with Crippen LogP contribution in [0, 0.1) is 0 Å². The van der Waals surface area contributed by atoms with E-state index in [9.17, 15) is 9.59 Å². The highest BCUT2D eigenvalue weighted by Gasteiger charge is 2.46. The van der Waals surface area contributed by atoms with E-state index in [4.69, 9.17) is 15.3 Å². The molecule has 7 heteroatoms. The molecular formula is C7H10O7. The van der Waals surface area contributed by atoms with Crippen LogP contribution in [0.5, 0.6) is 0 Å². The molecule has 1 fully saturated rings. The third kappa shape index (κ3) is 1.75. The third-order valence-corrected chi connectivity index (χ3v) is 1.88. The lowest BCUT2D eigenvalue weighted by atomic mass is 10.0. The van der Waals surface area contributed by atoms with Gasteiger partial charge in [0.1, 0.15) is 0 Å². The average molecular weight is 206 g/mol. The van der Waals surface area contributed by atoms with Gasteiger partial charge in [0.25, 0.3) is 0 Å². The number of aliphatic carboxylic acids is 1. The number of carboxylic acids is 1. The molecule has 0 aromatic heterocycles. The fourth-order valence-electron chi connectivity index (χ4n) is 1.13. The molecule has 2 unspecified atom stereocenters. The second-order valence-electron chi connectivity index (χ2n) is 2.79. The number of hydrogen-bond acceptors (Lipinski definition) is 6. The van der Waals surface area contributed by atoms with Crippen LogP contribution in [0.4, 0.5) is 0 Å². The van der Waals surface area contributed by atoms with Crippen LogP contribution in [0.25, 0.3) is 0 Å². The second kappa shape index (κ2) is 4.01. The van der Waals surface area contributed by atoms with Crippen molar-refractivity contribution in [3.63, 3.8) is 0 Å². The molecule has 1 saturated heterocycles. The minimum Gasteiger partial charge on any atom is -0.479 e. The van der Waals surface area contributed by atoms with Gasteiger partial charge in [-0.05, 0) is 0 Å². The average Bonchev–Trinajstić information content (AvgIpc) is 2.14. The van der Waals surface area contributed by atoms with E-state index in [1.165, 1.54) is 0 Å². The molecule has 0 aromatic carbocycles. The molecule has 0 aromatic rings. The Hall–Kier alpha value is -1.02. The largest absolute Gasteiger partial charge is 0.479 e. The molecule has 80 valence electrons. The van der Waals surface area contributed by atoms with Crippen LogP contribution >= 0.6 is 0 Å². The monoisotopic (exact) mass is 206 g/mol. The summed E-state index contributed by atoms with van der Waals surface area (Å²) in [5, 5.41) is 26.8. The van der Waals surface area contributed by atoms with Crippen LogP contribution in [-0.4, -0.2) is 58.8 Å². The van der Waals surface area contributed by atoms with Gasteiger partial charge in [0.15, 0.2) is 30.4 Å². The molecule has 0 bridgehead atoms. The minimum absolute atomic E-state index is 1.02. The summed E-state index contributed by atoms with van der Waals surface area (Å²) in [6.07, 6.45) is -6.58. The molecule has 0 radical (unpaired) electrons. The van der Waals surface area contributed by atoms with Gasteiger partial charge in [-0.3, -0.25) is 4.79 Å². The predicted molar refractivity (Wildman–Crippen MR) is 40.3 cm³/mol. The summed E-state index contributed by atoms with van der Waals surface area (Å²) in [4.78, 5) is 21.6. The first-order chi connectivity index (χ1) is 6.49. The Bertz CT molecular complexity index is 250. The number of carbonyl (C=O) groups is 2. The number of carboxylic acid groups (broad SMARTS) is 1. The summed E-state index contributed by atoms with van der Waals surface area (Å²) >= 11 is 0. The molecule has 0 aliphatic carbocycles. The summed E-state index contributed by atoms with van der Waals surface area (Å²) in [5.41, 5.74) is 0. The molecule has 3 N–H and O–H groups in total. The van der Waals surface area contributed by atoms with Gasteiger partial charge in [-0.15, -0.1) is 0 Å². The SMILES string of the molecule is CO[C@H]1OC(C(=O)O)C(O)C(=O)[C@H]1O. The lowest BCUT2D eigenvalue weighted by Gasteiger charge is -2.32. The number of aliphatic hydroxyl groups is 2. The van der Waals surface area contributed by atoms with Crippen LogP contribution in [-0.2, 0) is 19.1 Å². The van der Waals surface area contributed by atoms with Crippen molar-refractivity contribution < 1.29 is 34.4 Å². The summed E-state index contributed by atoms with van der Waals surface area (Å²) in [7, 11) is 1.15. The second-order valence-corrected chi connectivity index (χ2v) is 2.79. The van der Waals surface area contributed by atoms with Crippen LogP contribution in [0.15, 0.2) is 0 Å². The first-order valence-corrected chi connectivity index (χ1v) is 3.80. The summed E-state index contributed by atoms with van der Waals surface area (Å²) in [6, 6.07) is 0. The van der Waals surface area contributed by atoms with Gasteiger partial charge >= 0.3 is 5.97 Å². The molecule has 1 aliphatic rings. The van der Waals surface area contributed by atoms with E-state index in [0.29, 0.717) is 0 Å². The normalized spacial score (nSPS) is 38.4. The number of ether oxygens (including phenoxy) is 2. The molecule has 0 spiro atoms. The number of rotatable bonds is 2. The van der Waals surface area contributed by atoms with E-state index in [0.717, 1.165) is 7.11 Å². The van der Waals surface area contributed by atoms with Gasteiger partial charge in [0, 0.05) is 7.11 Å². The van der Waals surface area contributed by atoms with Crippen molar-refractivity contribution >= 4 is 11.8 Å². The third-order valence-electron chi connectivity index (χ3n) is 1.88. The molecule has 14 heavy (non-hydrogen) atoms. The van der Waals surface area contributed by atoms with E-state index >= 15 is 0 Å². The van der Waals surface area contributed by atoms with Gasteiger partial charge in [0.05, 0.1) is 0 Å². The topological polar surface area (TPSA) is 113 Å². The van der Waals surface area contributed by atoms with Crippen molar-refractivity contribution in [3.8, 4) is 0 Å². The number of methoxy groups -OCH3 is 1. The van der Waals surface area contributed by atoms with Crippen molar-refractivity contribution in [3.05, 3.63) is 0 Å². The maximum Gasteiger partial charge on any atom is 0.336 e. The van der Waals surface area contributed by atoms with Gasteiger partial charge in [-0.25, -0.2) is 4.79 Å². The quantitative estimate of drug-likeness (QED) is 0.467. The summed E-state index contributed by atoms with van der Waals surface area (Å²) < 4.78 is 9.18. The van der Waals surface area contributed by atoms with Crippen molar-refractivity contribution in [2.45, 2.75) is 24.6 Å². The first-order valence-electron chi connectivity index (χ1n) is 3.80. The predicted octanol–water partition coefficient (Wildman–Crippen LogP) is -2.27. The van der Waals surface area contributed by atoms with Crippen LogP contribution < -0.4 is 0 Å². The number of Topliss-reactive ketones (excluding diaryl/α,β-unsaturated/α-hetero) is 1. The van der Waals surface area contributed by atoms with E-state index in [2.05, 4.69) is 9.47 Å². The van der Waals surface area contributed by atoms with Crippen LogP contribution in [0.2, 0.25) is 0 Å². The van der Waals surface area contributed by atoms with Crippen LogP contribution in [0.3, 0.4) is 0 Å². The van der Waals surface area contributed by atoms with E-state index in [1.54, 1.807) is 0 Å². The van der Waals surface area contributed by atoms with Crippen LogP contribution in [0.1, 0.15) is 0 Å². The van der Waals surface area contributed by atoms with Crippen molar-refractivity contribution in [1.29, 1.82) is 0 Å². The molecule has 1 rings (SSSR count). The summed E-state index contributed by atoms with van der Waals surface area (Å²) in [5.74, 6) is -2.50. The Kier molecular flexibility index (Phi) is 3.17. The summed E-state index contributed by atoms with van der Waals surface area (Å²) in [6.45, 7) is 0. The smallest absolute Gasteiger partial charge is 0.336 e. The zero-order valence-corrected chi connectivity index (χ0v) is 7.28. The Balaban J connectivity index is 2.84. The lowest BCUT2D eigenvalue weighted by molar-refractivity contribution is -0.244. The van der Waals surface area contributed by atoms with Crippen molar-refractivity contribution in [2.75, 3.05) is 7.11 Å². The highest BCUT2D eigenvalue weighted by Crippen LogP contribution is 2.18. The Morgan fingerprint density at radius 1 is 1.43 bits per heavy atom. The minimum atomic E-state index is -1.87. The zero-order chi connectivity index (χ0) is 10.9. The number of ketones is 1. The molecule has 0 amide bonds. The van der Waals surface area contributed by atoms with E-state index in [1.807, 2.05) is 0 Å². The van der Waals surface area contributed by atoms with E-state index in [-0.39, 0.29) is 0 Å². The maximum atomic E-state index is 11.1. The Morgan fingerprint density at radius 2 is 2.00 bits per heavy atom. The highest BCUT2D eigenvalue weighted by molar-refractivity contribution is 5.93. The van der Waals surface area contributed by atoms with Gasteiger partial charge in [-0.2, -0.15) is 0 Å².